The molecule has 0 spiro atoms. The number of carbonyl (C=O) groups is 1. The maximum absolute atomic E-state index is 11.8. The van der Waals surface area contributed by atoms with E-state index in [1.54, 1.807) is 19.1 Å². The zero-order valence-electron chi connectivity index (χ0n) is 10.1. The van der Waals surface area contributed by atoms with Gasteiger partial charge in [0.2, 0.25) is 0 Å². The summed E-state index contributed by atoms with van der Waals surface area (Å²) < 4.78 is 14.3. The number of hydrogen-bond donors (Lipinski definition) is 0. The van der Waals surface area contributed by atoms with Crippen LogP contribution in [0.3, 0.4) is 0 Å². The van der Waals surface area contributed by atoms with E-state index in [-0.39, 0.29) is 0 Å². The Morgan fingerprint density at radius 2 is 1.78 bits per heavy atom. The number of cyclic esters (lactones) is 1. The van der Waals surface area contributed by atoms with Gasteiger partial charge in [0, 0.05) is 5.56 Å². The fourth-order valence-electron chi connectivity index (χ4n) is 1.90. The van der Waals surface area contributed by atoms with E-state index in [0.29, 0.717) is 22.6 Å². The predicted molar refractivity (Wildman–Crippen MR) is 67.8 cm³/mol. The largest absolute Gasteiger partial charge is 0.493 e. The van der Waals surface area contributed by atoms with Crippen molar-refractivity contribution in [3.05, 3.63) is 23.3 Å². The summed E-state index contributed by atoms with van der Waals surface area (Å²) in [7, 11) is 3.01. The van der Waals surface area contributed by atoms with Crippen LogP contribution in [0.5, 0.6) is 11.5 Å². The van der Waals surface area contributed by atoms with E-state index in [0.717, 1.165) is 0 Å². The van der Waals surface area contributed by atoms with Gasteiger partial charge >= 0.3 is 5.97 Å². The van der Waals surface area contributed by atoms with Crippen LogP contribution in [0.15, 0.2) is 12.1 Å². The number of alkyl halides is 2. The highest BCUT2D eigenvalue weighted by Gasteiger charge is 2.43. The number of rotatable bonds is 3. The summed E-state index contributed by atoms with van der Waals surface area (Å²) in [6.45, 7) is 1.57. The Labute approximate surface area is 115 Å². The van der Waals surface area contributed by atoms with Gasteiger partial charge in [-0.2, -0.15) is 0 Å². The van der Waals surface area contributed by atoms with E-state index < -0.39 is 16.4 Å². The zero-order valence-corrected chi connectivity index (χ0v) is 11.6. The van der Waals surface area contributed by atoms with Gasteiger partial charge in [-0.05, 0) is 19.1 Å². The number of ether oxygens (including phenoxy) is 3. The van der Waals surface area contributed by atoms with E-state index >= 15 is 0 Å². The summed E-state index contributed by atoms with van der Waals surface area (Å²) in [6, 6.07) is 3.22. The average molecular weight is 291 g/mol. The molecule has 18 heavy (non-hydrogen) atoms. The van der Waals surface area contributed by atoms with Crippen LogP contribution in [0, 0.1) is 0 Å². The molecule has 98 valence electrons. The number of methoxy groups -OCH3 is 2. The first-order valence-electron chi connectivity index (χ1n) is 5.23. The van der Waals surface area contributed by atoms with E-state index in [9.17, 15) is 4.79 Å². The summed E-state index contributed by atoms with van der Waals surface area (Å²) in [5.74, 6) is 0.486. The molecule has 1 heterocycles. The fraction of sp³-hybridized carbons (Fsp3) is 0.417. The van der Waals surface area contributed by atoms with Crippen LogP contribution in [-0.2, 0) is 4.74 Å². The van der Waals surface area contributed by atoms with E-state index in [1.807, 2.05) is 0 Å². The highest BCUT2D eigenvalue weighted by atomic mass is 35.5. The van der Waals surface area contributed by atoms with Crippen LogP contribution in [0.2, 0.25) is 0 Å². The standard InChI is InChI=1S/C12H12Cl2O4/c1-12(13,14)10-6-4-8(16-2)9(17-3)5-7(6)11(15)18-10/h4-5,10H,1-3H3. The second-order valence-corrected chi connectivity index (χ2v) is 5.80. The molecule has 0 aliphatic carbocycles. The van der Waals surface area contributed by atoms with Gasteiger partial charge in [-0.15, -0.1) is 0 Å². The quantitative estimate of drug-likeness (QED) is 0.634. The Kier molecular flexibility index (Phi) is 3.34. The molecule has 2 rings (SSSR count). The van der Waals surface area contributed by atoms with E-state index in [1.165, 1.54) is 14.2 Å². The third-order valence-corrected chi connectivity index (χ3v) is 3.14. The van der Waals surface area contributed by atoms with Crippen molar-refractivity contribution in [2.75, 3.05) is 14.2 Å². The molecule has 0 amide bonds. The molecular weight excluding hydrogens is 279 g/mol. The number of esters is 1. The SMILES string of the molecule is COc1cc2c(cc1OC)C(C(C)(Cl)Cl)OC2=O. The van der Waals surface area contributed by atoms with Gasteiger partial charge in [-0.25, -0.2) is 4.79 Å². The second kappa shape index (κ2) is 4.52. The molecule has 0 radical (unpaired) electrons. The highest BCUT2D eigenvalue weighted by molar-refractivity contribution is 6.48. The monoisotopic (exact) mass is 290 g/mol. The van der Waals surface area contributed by atoms with Gasteiger partial charge in [-0.1, -0.05) is 23.2 Å². The molecule has 0 saturated heterocycles. The van der Waals surface area contributed by atoms with Crippen LogP contribution in [-0.4, -0.2) is 24.5 Å². The molecule has 6 heteroatoms. The lowest BCUT2D eigenvalue weighted by Gasteiger charge is -2.21. The summed E-state index contributed by atoms with van der Waals surface area (Å²) in [5.41, 5.74) is 0.996. The Morgan fingerprint density at radius 1 is 1.22 bits per heavy atom. The van der Waals surface area contributed by atoms with Gasteiger partial charge in [0.05, 0.1) is 19.8 Å². The Morgan fingerprint density at radius 3 is 2.28 bits per heavy atom. The van der Waals surface area contributed by atoms with Crippen molar-refractivity contribution in [3.8, 4) is 11.5 Å². The molecule has 1 aromatic carbocycles. The Bertz CT molecular complexity index is 494. The van der Waals surface area contributed by atoms with Crippen molar-refractivity contribution in [1.82, 2.24) is 0 Å². The third-order valence-electron chi connectivity index (χ3n) is 2.74. The minimum absolute atomic E-state index is 0.394. The molecule has 1 aromatic rings. The van der Waals surface area contributed by atoms with Gasteiger partial charge in [0.15, 0.2) is 21.9 Å². The number of benzene rings is 1. The number of fused-ring (bicyclic) bond motifs is 1. The van der Waals surface area contributed by atoms with Crippen LogP contribution >= 0.6 is 23.2 Å². The molecule has 1 atom stereocenters. The first kappa shape index (κ1) is 13.3. The molecule has 0 bridgehead atoms. The van der Waals surface area contributed by atoms with Crippen LogP contribution in [0.1, 0.15) is 28.9 Å². The third kappa shape index (κ3) is 2.10. The lowest BCUT2D eigenvalue weighted by Crippen LogP contribution is -2.19. The summed E-state index contributed by atoms with van der Waals surface area (Å²) in [5, 5.41) is 0. The van der Waals surface area contributed by atoms with Gasteiger partial charge in [0.1, 0.15) is 0 Å². The molecule has 1 aliphatic heterocycles. The van der Waals surface area contributed by atoms with Crippen molar-refractivity contribution in [3.63, 3.8) is 0 Å². The van der Waals surface area contributed by atoms with Crippen molar-refractivity contribution in [2.45, 2.75) is 17.4 Å². The maximum atomic E-state index is 11.8. The van der Waals surface area contributed by atoms with Crippen molar-refractivity contribution >= 4 is 29.2 Å². The van der Waals surface area contributed by atoms with Crippen molar-refractivity contribution in [1.29, 1.82) is 0 Å². The fourth-order valence-corrected chi connectivity index (χ4v) is 2.22. The molecule has 0 saturated carbocycles. The normalized spacial score (nSPS) is 18.3. The van der Waals surface area contributed by atoms with E-state index in [4.69, 9.17) is 37.4 Å². The second-order valence-electron chi connectivity index (χ2n) is 4.04. The molecular formula is C12H12Cl2O4. The summed E-state index contributed by atoms with van der Waals surface area (Å²) >= 11 is 12.0. The van der Waals surface area contributed by atoms with Crippen LogP contribution in [0.25, 0.3) is 0 Å². The zero-order chi connectivity index (χ0) is 13.5. The Balaban J connectivity index is 2.57. The minimum Gasteiger partial charge on any atom is -0.493 e. The number of carbonyl (C=O) groups excluding carboxylic acids is 1. The lowest BCUT2D eigenvalue weighted by atomic mass is 10.0. The van der Waals surface area contributed by atoms with E-state index in [2.05, 4.69) is 0 Å². The van der Waals surface area contributed by atoms with Crippen LogP contribution in [0.4, 0.5) is 0 Å². The topological polar surface area (TPSA) is 44.8 Å². The number of halogens is 2. The summed E-state index contributed by atoms with van der Waals surface area (Å²) in [4.78, 5) is 11.8. The number of hydrogen-bond acceptors (Lipinski definition) is 4. The maximum Gasteiger partial charge on any atom is 0.339 e. The van der Waals surface area contributed by atoms with Gasteiger partial charge in [-0.3, -0.25) is 0 Å². The molecule has 0 aromatic heterocycles. The average Bonchev–Trinajstić information content (AvgIpc) is 2.64. The van der Waals surface area contributed by atoms with Crippen LogP contribution < -0.4 is 9.47 Å². The van der Waals surface area contributed by atoms with Crippen molar-refractivity contribution < 1.29 is 19.0 Å². The molecule has 1 aliphatic rings. The highest BCUT2D eigenvalue weighted by Crippen LogP contribution is 2.47. The first-order chi connectivity index (χ1) is 8.38. The van der Waals surface area contributed by atoms with Crippen molar-refractivity contribution in [2.24, 2.45) is 0 Å². The minimum atomic E-state index is -1.21. The Hall–Kier alpha value is -1.13. The first-order valence-corrected chi connectivity index (χ1v) is 5.98. The molecule has 0 N–H and O–H groups in total. The molecule has 4 nitrogen and oxygen atoms in total. The van der Waals surface area contributed by atoms with Gasteiger partial charge in [0.25, 0.3) is 0 Å². The van der Waals surface area contributed by atoms with Gasteiger partial charge < -0.3 is 14.2 Å². The lowest BCUT2D eigenvalue weighted by molar-refractivity contribution is 0.0360. The smallest absolute Gasteiger partial charge is 0.339 e. The molecule has 1 unspecified atom stereocenters. The predicted octanol–water partition coefficient (Wildman–Crippen LogP) is 3.11. The summed E-state index contributed by atoms with van der Waals surface area (Å²) in [6.07, 6.45) is -0.719. The molecule has 0 fully saturated rings.